The van der Waals surface area contributed by atoms with Crippen molar-refractivity contribution in [3.8, 4) is 5.75 Å². The van der Waals surface area contributed by atoms with Gasteiger partial charge in [0, 0.05) is 19.3 Å². The van der Waals surface area contributed by atoms with E-state index in [1.165, 1.54) is 11.1 Å². The van der Waals surface area contributed by atoms with E-state index in [4.69, 9.17) is 9.47 Å². The van der Waals surface area contributed by atoms with Crippen LogP contribution in [0.15, 0.2) is 18.2 Å². The topological polar surface area (TPSA) is 30.5 Å². The maximum atomic E-state index is 5.72. The largest absolute Gasteiger partial charge is 0.493 e. The molecular formula is C17H25NO2. The van der Waals surface area contributed by atoms with E-state index in [2.05, 4.69) is 30.4 Å². The molecule has 20 heavy (non-hydrogen) atoms. The maximum Gasteiger partial charge on any atom is 0.122 e. The average molecular weight is 275 g/mol. The van der Waals surface area contributed by atoms with Crippen LogP contribution in [0, 0.1) is 5.92 Å². The first-order valence-electron chi connectivity index (χ1n) is 7.95. The van der Waals surface area contributed by atoms with Crippen molar-refractivity contribution < 1.29 is 9.47 Å². The Balaban J connectivity index is 1.82. The first-order valence-corrected chi connectivity index (χ1v) is 7.95. The van der Waals surface area contributed by atoms with Crippen molar-refractivity contribution in [1.82, 2.24) is 5.32 Å². The highest BCUT2D eigenvalue weighted by Crippen LogP contribution is 2.33. The van der Waals surface area contributed by atoms with E-state index >= 15 is 0 Å². The summed E-state index contributed by atoms with van der Waals surface area (Å²) < 4.78 is 11.2. The highest BCUT2D eigenvalue weighted by atomic mass is 16.5. The number of hydrogen-bond donors (Lipinski definition) is 1. The van der Waals surface area contributed by atoms with E-state index in [0.29, 0.717) is 12.0 Å². The summed E-state index contributed by atoms with van der Waals surface area (Å²) in [7, 11) is 0. The second-order valence-corrected chi connectivity index (χ2v) is 5.80. The third-order valence-electron chi connectivity index (χ3n) is 4.45. The molecule has 2 aliphatic rings. The van der Waals surface area contributed by atoms with Gasteiger partial charge in [-0.05, 0) is 55.3 Å². The molecule has 1 unspecified atom stereocenters. The van der Waals surface area contributed by atoms with Crippen LogP contribution in [0.25, 0.3) is 0 Å². The lowest BCUT2D eigenvalue weighted by Gasteiger charge is -2.32. The van der Waals surface area contributed by atoms with Gasteiger partial charge in [-0.25, -0.2) is 0 Å². The quantitative estimate of drug-likeness (QED) is 0.916. The highest BCUT2D eigenvalue weighted by Gasteiger charge is 2.25. The summed E-state index contributed by atoms with van der Waals surface area (Å²) in [4.78, 5) is 0. The van der Waals surface area contributed by atoms with Crippen molar-refractivity contribution in [3.63, 3.8) is 0 Å². The van der Waals surface area contributed by atoms with Crippen LogP contribution in [0.2, 0.25) is 0 Å². The molecule has 1 saturated heterocycles. The number of aryl methyl sites for hydroxylation is 1. The van der Waals surface area contributed by atoms with Gasteiger partial charge in [-0.3, -0.25) is 0 Å². The lowest BCUT2D eigenvalue weighted by Crippen LogP contribution is -2.32. The van der Waals surface area contributed by atoms with Crippen molar-refractivity contribution in [3.05, 3.63) is 29.3 Å². The van der Waals surface area contributed by atoms with E-state index < -0.39 is 0 Å². The van der Waals surface area contributed by atoms with E-state index in [9.17, 15) is 0 Å². The summed E-state index contributed by atoms with van der Waals surface area (Å²) in [5.74, 6) is 1.77. The van der Waals surface area contributed by atoms with Crippen molar-refractivity contribution in [1.29, 1.82) is 0 Å². The fourth-order valence-electron chi connectivity index (χ4n) is 3.40. The van der Waals surface area contributed by atoms with Gasteiger partial charge in [0.15, 0.2) is 0 Å². The van der Waals surface area contributed by atoms with Gasteiger partial charge in [-0.15, -0.1) is 0 Å². The van der Waals surface area contributed by atoms with Gasteiger partial charge < -0.3 is 14.8 Å². The number of nitrogens with one attached hydrogen (secondary N) is 1. The average Bonchev–Trinajstić information content (AvgIpc) is 2.53. The molecule has 0 aromatic heterocycles. The maximum absolute atomic E-state index is 5.72. The zero-order valence-corrected chi connectivity index (χ0v) is 12.4. The Hall–Kier alpha value is -1.06. The SMILES string of the molecule is CCNC(c1ccc2c(c1)CCCO2)C1CCOCC1. The number of benzene rings is 1. The Kier molecular flexibility index (Phi) is 4.58. The molecule has 3 nitrogen and oxygen atoms in total. The van der Waals surface area contributed by atoms with Crippen molar-refractivity contribution >= 4 is 0 Å². The summed E-state index contributed by atoms with van der Waals surface area (Å²) in [5, 5.41) is 3.68. The zero-order chi connectivity index (χ0) is 13.8. The first-order chi connectivity index (χ1) is 9.88. The minimum absolute atomic E-state index is 0.455. The van der Waals surface area contributed by atoms with Gasteiger partial charge in [0.05, 0.1) is 6.61 Å². The third-order valence-corrected chi connectivity index (χ3v) is 4.45. The van der Waals surface area contributed by atoms with Gasteiger partial charge >= 0.3 is 0 Å². The number of hydrogen-bond acceptors (Lipinski definition) is 3. The predicted molar refractivity (Wildman–Crippen MR) is 80.2 cm³/mol. The Labute approximate surface area is 121 Å². The molecule has 0 saturated carbocycles. The molecule has 1 atom stereocenters. The second kappa shape index (κ2) is 6.59. The van der Waals surface area contributed by atoms with Crippen molar-refractivity contribution in [2.75, 3.05) is 26.4 Å². The number of rotatable bonds is 4. The summed E-state index contributed by atoms with van der Waals surface area (Å²) in [5.41, 5.74) is 2.80. The molecule has 0 radical (unpaired) electrons. The predicted octanol–water partition coefficient (Wildman–Crippen LogP) is 3.09. The standard InChI is InChI=1S/C17H25NO2/c1-2-18-17(13-7-10-19-11-8-13)15-5-6-16-14(12-15)4-3-9-20-16/h5-6,12-13,17-18H,2-4,7-11H2,1H3. The van der Waals surface area contributed by atoms with Gasteiger partial charge in [-0.1, -0.05) is 19.1 Å². The summed E-state index contributed by atoms with van der Waals surface area (Å²) >= 11 is 0. The molecule has 3 heteroatoms. The zero-order valence-electron chi connectivity index (χ0n) is 12.4. The molecule has 0 spiro atoms. The van der Waals surface area contributed by atoms with Crippen LogP contribution < -0.4 is 10.1 Å². The minimum Gasteiger partial charge on any atom is -0.493 e. The Morgan fingerprint density at radius 2 is 2.10 bits per heavy atom. The molecule has 1 N–H and O–H groups in total. The lowest BCUT2D eigenvalue weighted by atomic mass is 9.86. The van der Waals surface area contributed by atoms with Gasteiger partial charge in [0.1, 0.15) is 5.75 Å². The molecular weight excluding hydrogens is 250 g/mol. The molecule has 1 fully saturated rings. The summed E-state index contributed by atoms with van der Waals surface area (Å²) in [6.45, 7) is 5.87. The van der Waals surface area contributed by atoms with Crippen molar-refractivity contribution in [2.24, 2.45) is 5.92 Å². The molecule has 2 aliphatic heterocycles. The van der Waals surface area contributed by atoms with Crippen LogP contribution in [0.1, 0.15) is 43.4 Å². The van der Waals surface area contributed by atoms with Gasteiger partial charge in [0.25, 0.3) is 0 Å². The highest BCUT2D eigenvalue weighted by molar-refractivity contribution is 5.39. The lowest BCUT2D eigenvalue weighted by molar-refractivity contribution is 0.0538. The van der Waals surface area contributed by atoms with Gasteiger partial charge in [0.2, 0.25) is 0 Å². The molecule has 2 heterocycles. The smallest absolute Gasteiger partial charge is 0.122 e. The number of ether oxygens (including phenoxy) is 2. The fraction of sp³-hybridized carbons (Fsp3) is 0.647. The van der Waals surface area contributed by atoms with Gasteiger partial charge in [-0.2, -0.15) is 0 Å². The minimum atomic E-state index is 0.455. The van der Waals surface area contributed by atoms with Crippen LogP contribution in [-0.2, 0) is 11.2 Å². The Morgan fingerprint density at radius 3 is 2.90 bits per heavy atom. The van der Waals surface area contributed by atoms with Crippen LogP contribution in [-0.4, -0.2) is 26.4 Å². The van der Waals surface area contributed by atoms with E-state index in [0.717, 1.165) is 57.8 Å². The molecule has 3 rings (SSSR count). The van der Waals surface area contributed by atoms with Crippen LogP contribution in [0.3, 0.4) is 0 Å². The monoisotopic (exact) mass is 275 g/mol. The Morgan fingerprint density at radius 1 is 1.25 bits per heavy atom. The molecule has 0 bridgehead atoms. The van der Waals surface area contributed by atoms with Crippen LogP contribution >= 0.6 is 0 Å². The van der Waals surface area contributed by atoms with E-state index in [1.54, 1.807) is 0 Å². The number of fused-ring (bicyclic) bond motifs is 1. The molecule has 110 valence electrons. The summed E-state index contributed by atoms with van der Waals surface area (Å²) in [6, 6.07) is 7.22. The van der Waals surface area contributed by atoms with E-state index in [-0.39, 0.29) is 0 Å². The Bertz CT molecular complexity index is 441. The van der Waals surface area contributed by atoms with E-state index in [1.807, 2.05) is 0 Å². The molecule has 1 aromatic carbocycles. The second-order valence-electron chi connectivity index (χ2n) is 5.80. The van der Waals surface area contributed by atoms with Crippen molar-refractivity contribution in [2.45, 2.75) is 38.6 Å². The molecule has 0 aliphatic carbocycles. The third kappa shape index (κ3) is 2.99. The fourth-order valence-corrected chi connectivity index (χ4v) is 3.40. The van der Waals surface area contributed by atoms with Crippen LogP contribution in [0.4, 0.5) is 0 Å². The normalized spacial score (nSPS) is 21.1. The molecule has 0 amide bonds. The first kappa shape index (κ1) is 13.9. The molecule has 1 aromatic rings. The summed E-state index contributed by atoms with van der Waals surface area (Å²) in [6.07, 6.45) is 4.60. The van der Waals surface area contributed by atoms with Crippen LogP contribution in [0.5, 0.6) is 5.75 Å².